The van der Waals surface area contributed by atoms with Gasteiger partial charge in [0.2, 0.25) is 5.91 Å². The summed E-state index contributed by atoms with van der Waals surface area (Å²) in [6, 6.07) is 17.3. The fourth-order valence-electron chi connectivity index (χ4n) is 2.94. The predicted octanol–water partition coefficient (Wildman–Crippen LogP) is 2.42. The quantitative estimate of drug-likeness (QED) is 0.885. The molecule has 0 aliphatic carbocycles. The van der Waals surface area contributed by atoms with Crippen molar-refractivity contribution < 1.29 is 9.53 Å². The molecule has 3 N–H and O–H groups in total. The van der Waals surface area contributed by atoms with Gasteiger partial charge in [0.15, 0.2) is 0 Å². The van der Waals surface area contributed by atoms with E-state index in [2.05, 4.69) is 11.4 Å². The van der Waals surface area contributed by atoms with E-state index in [0.717, 1.165) is 29.7 Å². The highest BCUT2D eigenvalue weighted by molar-refractivity contribution is 5.80. The summed E-state index contributed by atoms with van der Waals surface area (Å²) in [5, 5.41) is 12.3. The van der Waals surface area contributed by atoms with Gasteiger partial charge in [0.25, 0.3) is 0 Å². The fourth-order valence-corrected chi connectivity index (χ4v) is 2.94. The Morgan fingerprint density at radius 1 is 1.21 bits per heavy atom. The molecule has 0 unspecified atom stereocenters. The highest BCUT2D eigenvalue weighted by atomic mass is 16.5. The molecule has 0 aromatic heterocycles. The van der Waals surface area contributed by atoms with Crippen molar-refractivity contribution in [3.63, 3.8) is 0 Å². The molecule has 1 saturated heterocycles. The summed E-state index contributed by atoms with van der Waals surface area (Å²) >= 11 is 0. The first kappa shape index (κ1) is 16.0. The van der Waals surface area contributed by atoms with Crippen molar-refractivity contribution in [1.82, 2.24) is 5.32 Å². The van der Waals surface area contributed by atoms with Crippen molar-refractivity contribution in [3.8, 4) is 11.8 Å². The van der Waals surface area contributed by atoms with Crippen LogP contribution in [0, 0.1) is 11.3 Å². The lowest BCUT2D eigenvalue weighted by molar-refractivity contribution is -0.119. The number of nitriles is 1. The summed E-state index contributed by atoms with van der Waals surface area (Å²) in [5.41, 5.74) is 7.94. The Hall–Kier alpha value is -2.84. The fraction of sp³-hybridized carbons (Fsp3) is 0.263. The monoisotopic (exact) mass is 321 g/mol. The molecule has 5 heteroatoms. The van der Waals surface area contributed by atoms with Crippen LogP contribution in [0.1, 0.15) is 35.6 Å². The number of nitrogens with one attached hydrogen (secondary N) is 1. The number of rotatable bonds is 5. The molecule has 122 valence electrons. The number of hydrogen-bond donors (Lipinski definition) is 2. The first-order valence-electron chi connectivity index (χ1n) is 7.93. The second kappa shape index (κ2) is 7.16. The largest absolute Gasteiger partial charge is 0.489 e. The van der Waals surface area contributed by atoms with Gasteiger partial charge in [-0.05, 0) is 36.6 Å². The van der Waals surface area contributed by atoms with Gasteiger partial charge in [-0.1, -0.05) is 30.3 Å². The molecule has 1 heterocycles. The number of nitrogens with zero attached hydrogens (tertiary/aromatic N) is 1. The van der Waals surface area contributed by atoms with Gasteiger partial charge in [-0.15, -0.1) is 0 Å². The minimum Gasteiger partial charge on any atom is -0.489 e. The van der Waals surface area contributed by atoms with E-state index in [1.54, 1.807) is 6.07 Å². The topological polar surface area (TPSA) is 88.1 Å². The van der Waals surface area contributed by atoms with Crippen LogP contribution >= 0.6 is 0 Å². The summed E-state index contributed by atoms with van der Waals surface area (Å²) in [4.78, 5) is 11.2. The van der Waals surface area contributed by atoms with Crippen molar-refractivity contribution in [3.05, 3.63) is 65.2 Å². The number of ether oxygens (including phenoxy) is 1. The summed E-state index contributed by atoms with van der Waals surface area (Å²) in [5.74, 6) is 0.449. The highest BCUT2D eigenvalue weighted by Crippen LogP contribution is 2.28. The van der Waals surface area contributed by atoms with Crippen LogP contribution in [0.15, 0.2) is 48.5 Å². The van der Waals surface area contributed by atoms with E-state index in [1.165, 1.54) is 0 Å². The Kier molecular flexibility index (Phi) is 4.78. The third-order valence-corrected chi connectivity index (χ3v) is 4.30. The maximum absolute atomic E-state index is 11.2. The molecule has 0 saturated carbocycles. The Morgan fingerprint density at radius 3 is 2.62 bits per heavy atom. The summed E-state index contributed by atoms with van der Waals surface area (Å²) < 4.78 is 5.77. The van der Waals surface area contributed by atoms with E-state index in [1.807, 2.05) is 42.5 Å². The van der Waals surface area contributed by atoms with Gasteiger partial charge in [0.05, 0.1) is 17.7 Å². The number of nitrogens with two attached hydrogens (primary N) is 1. The van der Waals surface area contributed by atoms with Crippen molar-refractivity contribution in [2.24, 2.45) is 5.73 Å². The summed E-state index contributed by atoms with van der Waals surface area (Å²) in [6.07, 6.45) is 1.66. The van der Waals surface area contributed by atoms with Crippen LogP contribution in [0.3, 0.4) is 0 Å². The van der Waals surface area contributed by atoms with Crippen LogP contribution in [0.2, 0.25) is 0 Å². The van der Waals surface area contributed by atoms with E-state index in [-0.39, 0.29) is 18.0 Å². The van der Waals surface area contributed by atoms with Gasteiger partial charge in [-0.2, -0.15) is 5.26 Å². The lowest BCUT2D eigenvalue weighted by Gasteiger charge is -2.14. The van der Waals surface area contributed by atoms with Gasteiger partial charge in [-0.3, -0.25) is 10.1 Å². The van der Waals surface area contributed by atoms with E-state index in [0.29, 0.717) is 12.2 Å². The maximum Gasteiger partial charge on any atom is 0.234 e. The average Bonchev–Trinajstić information content (AvgIpc) is 3.11. The number of hydrogen-bond acceptors (Lipinski definition) is 4. The smallest absolute Gasteiger partial charge is 0.234 e. The average molecular weight is 321 g/mol. The van der Waals surface area contributed by atoms with Gasteiger partial charge >= 0.3 is 0 Å². The molecule has 1 aliphatic rings. The lowest BCUT2D eigenvalue weighted by atomic mass is 10.1. The molecule has 1 fully saturated rings. The van der Waals surface area contributed by atoms with Crippen LogP contribution in [0.25, 0.3) is 0 Å². The Labute approximate surface area is 141 Å². The molecule has 2 atom stereocenters. The zero-order valence-electron chi connectivity index (χ0n) is 13.2. The number of amides is 1. The first-order valence-corrected chi connectivity index (χ1v) is 7.93. The molecule has 5 nitrogen and oxygen atoms in total. The van der Waals surface area contributed by atoms with Crippen LogP contribution in [0.5, 0.6) is 5.75 Å². The molecule has 0 bridgehead atoms. The van der Waals surface area contributed by atoms with Gasteiger partial charge in [0, 0.05) is 11.6 Å². The number of carbonyl (C=O) groups excluding carboxylic acids is 1. The third kappa shape index (κ3) is 3.55. The second-order valence-corrected chi connectivity index (χ2v) is 5.88. The molecular weight excluding hydrogens is 302 g/mol. The van der Waals surface area contributed by atoms with Crippen LogP contribution in [-0.2, 0) is 11.4 Å². The number of primary amides is 1. The van der Waals surface area contributed by atoms with Gasteiger partial charge < -0.3 is 10.5 Å². The van der Waals surface area contributed by atoms with Gasteiger partial charge in [-0.25, -0.2) is 0 Å². The van der Waals surface area contributed by atoms with Crippen molar-refractivity contribution in [2.75, 3.05) is 0 Å². The first-order chi connectivity index (χ1) is 11.7. The second-order valence-electron chi connectivity index (χ2n) is 5.88. The summed E-state index contributed by atoms with van der Waals surface area (Å²) in [6.45, 7) is 0.356. The molecule has 24 heavy (non-hydrogen) atoms. The molecule has 2 aromatic carbocycles. The maximum atomic E-state index is 11.2. The zero-order chi connectivity index (χ0) is 16.9. The minimum atomic E-state index is -0.298. The van der Waals surface area contributed by atoms with E-state index < -0.39 is 0 Å². The van der Waals surface area contributed by atoms with Crippen molar-refractivity contribution in [2.45, 2.75) is 31.5 Å². The normalized spacial score (nSPS) is 19.6. The molecule has 0 spiro atoms. The molecule has 0 radical (unpaired) electrons. The SMILES string of the molecule is N#Cc1ccccc1COc1ccc([C@H]2CC[C@@H](C(N)=O)N2)cc1. The van der Waals surface area contributed by atoms with Crippen LogP contribution in [-0.4, -0.2) is 11.9 Å². The molecular formula is C19H19N3O2. The van der Waals surface area contributed by atoms with Crippen molar-refractivity contribution in [1.29, 1.82) is 5.26 Å². The third-order valence-electron chi connectivity index (χ3n) is 4.30. The lowest BCUT2D eigenvalue weighted by Crippen LogP contribution is -2.37. The minimum absolute atomic E-state index is 0.149. The number of carbonyl (C=O) groups is 1. The Balaban J connectivity index is 1.61. The number of benzene rings is 2. The Bertz CT molecular complexity index is 765. The molecule has 3 rings (SSSR count). The molecule has 1 amide bonds. The highest BCUT2D eigenvalue weighted by Gasteiger charge is 2.28. The predicted molar refractivity (Wildman–Crippen MR) is 90.0 cm³/mol. The van der Waals surface area contributed by atoms with E-state index in [9.17, 15) is 4.79 Å². The van der Waals surface area contributed by atoms with Crippen LogP contribution < -0.4 is 15.8 Å². The zero-order valence-corrected chi connectivity index (χ0v) is 13.2. The van der Waals surface area contributed by atoms with Gasteiger partial charge in [0.1, 0.15) is 12.4 Å². The summed E-state index contributed by atoms with van der Waals surface area (Å²) in [7, 11) is 0. The van der Waals surface area contributed by atoms with E-state index in [4.69, 9.17) is 15.7 Å². The van der Waals surface area contributed by atoms with Crippen molar-refractivity contribution >= 4 is 5.91 Å². The molecule has 1 aliphatic heterocycles. The van der Waals surface area contributed by atoms with E-state index >= 15 is 0 Å². The standard InChI is InChI=1S/C19H19N3O2/c20-11-14-3-1-2-4-15(14)12-24-16-7-5-13(6-8-16)17-9-10-18(22-17)19(21)23/h1-8,17-18,22H,9-10,12H2,(H2,21,23)/t17-,18+/m1/s1. The van der Waals surface area contributed by atoms with Crippen LogP contribution in [0.4, 0.5) is 0 Å². The molecule has 2 aromatic rings. The Morgan fingerprint density at radius 2 is 1.96 bits per heavy atom.